The first-order valence-electron chi connectivity index (χ1n) is 4.97. The van der Waals surface area contributed by atoms with Gasteiger partial charge in [0.2, 0.25) is 0 Å². The summed E-state index contributed by atoms with van der Waals surface area (Å²) in [6.45, 7) is 6.56. The third-order valence-electron chi connectivity index (χ3n) is 1.90. The maximum Gasteiger partial charge on any atom is 0.136 e. The molecule has 71 valence electrons. The third kappa shape index (κ3) is 6.59. The smallest absolute Gasteiger partial charge is 0.136 e. The first-order chi connectivity index (χ1) is 5.85. The molecule has 1 nitrogen and oxygen atoms in total. The van der Waals surface area contributed by atoms with E-state index in [1.165, 1.54) is 25.7 Å². The van der Waals surface area contributed by atoms with E-state index in [4.69, 9.17) is 12.2 Å². The zero-order chi connectivity index (χ0) is 9.23. The van der Waals surface area contributed by atoms with Crippen molar-refractivity contribution in [3.63, 3.8) is 0 Å². The highest BCUT2D eigenvalue weighted by atomic mass is 32.1. The minimum Gasteiger partial charge on any atom is -0.360 e. The Morgan fingerprint density at radius 3 is 2.25 bits per heavy atom. The number of unbranched alkanes of at least 4 members (excludes halogenated alkanes) is 3. The highest BCUT2D eigenvalue weighted by Gasteiger charge is 1.97. The van der Waals surface area contributed by atoms with Gasteiger partial charge in [-0.25, -0.2) is 0 Å². The van der Waals surface area contributed by atoms with Crippen molar-refractivity contribution in [1.29, 1.82) is 0 Å². The molecular weight excluding hydrogens is 166 g/mol. The minimum absolute atomic E-state index is 1.07. The van der Waals surface area contributed by atoms with Crippen molar-refractivity contribution >= 4 is 17.7 Å². The molecule has 0 aromatic rings. The highest BCUT2D eigenvalue weighted by molar-refractivity contribution is 7.78. The van der Waals surface area contributed by atoms with Gasteiger partial charge < -0.3 is 4.90 Å². The van der Waals surface area contributed by atoms with Crippen LogP contribution in [0.15, 0.2) is 0 Å². The largest absolute Gasteiger partial charge is 0.360 e. The summed E-state index contributed by atoms with van der Waals surface area (Å²) in [4.78, 5) is 2.12. The van der Waals surface area contributed by atoms with E-state index in [1.54, 1.807) is 0 Å². The normalized spacial score (nSPS) is 9.83. The molecule has 0 aliphatic heterocycles. The molecule has 0 heterocycles. The van der Waals surface area contributed by atoms with Gasteiger partial charge in [-0.2, -0.15) is 0 Å². The van der Waals surface area contributed by atoms with E-state index in [1.807, 2.05) is 0 Å². The van der Waals surface area contributed by atoms with E-state index in [0.29, 0.717) is 0 Å². The van der Waals surface area contributed by atoms with Gasteiger partial charge in [-0.3, -0.25) is 0 Å². The van der Waals surface area contributed by atoms with Crippen LogP contribution < -0.4 is 0 Å². The lowest BCUT2D eigenvalue weighted by atomic mass is 10.2. The predicted octanol–water partition coefficient (Wildman–Crippen LogP) is 3.11. The van der Waals surface area contributed by atoms with Gasteiger partial charge in [0.05, 0.1) is 0 Å². The van der Waals surface area contributed by atoms with Crippen LogP contribution in [0.25, 0.3) is 0 Å². The van der Waals surface area contributed by atoms with Crippen LogP contribution in [0.1, 0.15) is 46.0 Å². The maximum absolute atomic E-state index is 4.79. The van der Waals surface area contributed by atoms with Crippen LogP contribution in [0.2, 0.25) is 0 Å². The SMILES string of the molecule is CCCCCCN([C]=S)CCC. The molecule has 2 heteroatoms. The Labute approximate surface area is 82.1 Å². The van der Waals surface area contributed by atoms with Crippen LogP contribution in [0.4, 0.5) is 0 Å². The molecule has 0 aromatic carbocycles. The van der Waals surface area contributed by atoms with Gasteiger partial charge in [-0.1, -0.05) is 45.3 Å². The number of rotatable bonds is 8. The average Bonchev–Trinajstić information content (AvgIpc) is 2.10. The fourth-order valence-corrected chi connectivity index (χ4v) is 1.39. The lowest BCUT2D eigenvalue weighted by Crippen LogP contribution is -2.22. The molecule has 0 aliphatic carbocycles. The van der Waals surface area contributed by atoms with Crippen LogP contribution in [-0.2, 0) is 0 Å². The highest BCUT2D eigenvalue weighted by Crippen LogP contribution is 2.00. The Balaban J connectivity index is 3.25. The molecule has 0 amide bonds. The van der Waals surface area contributed by atoms with E-state index in [2.05, 4.69) is 24.2 Å². The molecule has 0 saturated carbocycles. The molecule has 0 fully saturated rings. The Morgan fingerprint density at radius 2 is 1.75 bits per heavy atom. The minimum atomic E-state index is 1.07. The summed E-state index contributed by atoms with van der Waals surface area (Å²) in [5.41, 5.74) is 2.80. The summed E-state index contributed by atoms with van der Waals surface area (Å²) in [7, 11) is 0. The first-order valence-corrected chi connectivity index (χ1v) is 5.38. The standard InChI is InChI=1S/C10H20NS/c1-3-5-6-7-9-11(10-12)8-4-2/h3-9H2,1-2H3. The van der Waals surface area contributed by atoms with Crippen molar-refractivity contribution < 1.29 is 0 Å². The topological polar surface area (TPSA) is 3.24 Å². The molecule has 0 unspecified atom stereocenters. The van der Waals surface area contributed by atoms with Crippen LogP contribution in [0.3, 0.4) is 0 Å². The molecule has 12 heavy (non-hydrogen) atoms. The summed E-state index contributed by atoms with van der Waals surface area (Å²) in [5, 5.41) is 0. The summed E-state index contributed by atoms with van der Waals surface area (Å²) in [5.74, 6) is 0. The molecule has 0 rings (SSSR count). The zero-order valence-electron chi connectivity index (χ0n) is 8.31. The second kappa shape index (κ2) is 8.98. The Bertz CT molecular complexity index is 104. The van der Waals surface area contributed by atoms with E-state index >= 15 is 0 Å². The molecule has 0 bridgehead atoms. The van der Waals surface area contributed by atoms with Gasteiger partial charge in [0.1, 0.15) is 5.49 Å². The fraction of sp³-hybridized carbons (Fsp3) is 0.900. The quantitative estimate of drug-likeness (QED) is 0.325. The lowest BCUT2D eigenvalue weighted by molar-refractivity contribution is 0.416. The first kappa shape index (κ1) is 11.9. The van der Waals surface area contributed by atoms with Crippen molar-refractivity contribution in [3.05, 3.63) is 0 Å². The fourth-order valence-electron chi connectivity index (χ4n) is 1.20. The van der Waals surface area contributed by atoms with E-state index < -0.39 is 0 Å². The van der Waals surface area contributed by atoms with Crippen molar-refractivity contribution in [3.8, 4) is 0 Å². The van der Waals surface area contributed by atoms with E-state index in [0.717, 1.165) is 19.5 Å². The van der Waals surface area contributed by atoms with E-state index in [-0.39, 0.29) is 0 Å². The molecule has 0 saturated heterocycles. The van der Waals surface area contributed by atoms with Crippen molar-refractivity contribution in [2.24, 2.45) is 0 Å². The van der Waals surface area contributed by atoms with Gasteiger partial charge >= 0.3 is 0 Å². The number of hydrogen-bond acceptors (Lipinski definition) is 1. The second-order valence-electron chi connectivity index (χ2n) is 3.14. The van der Waals surface area contributed by atoms with Crippen LogP contribution in [0.5, 0.6) is 0 Å². The van der Waals surface area contributed by atoms with Crippen LogP contribution in [-0.4, -0.2) is 23.5 Å². The maximum atomic E-state index is 4.79. The number of hydrogen-bond donors (Lipinski definition) is 0. The monoisotopic (exact) mass is 186 g/mol. The predicted molar refractivity (Wildman–Crippen MR) is 58.6 cm³/mol. The zero-order valence-corrected chi connectivity index (χ0v) is 9.12. The molecular formula is C10H20NS. The van der Waals surface area contributed by atoms with Crippen molar-refractivity contribution in [2.45, 2.75) is 46.0 Å². The lowest BCUT2D eigenvalue weighted by Gasteiger charge is -2.16. The van der Waals surface area contributed by atoms with Crippen molar-refractivity contribution in [1.82, 2.24) is 4.90 Å². The molecule has 0 atom stereocenters. The van der Waals surface area contributed by atoms with Gasteiger partial charge in [0.15, 0.2) is 0 Å². The van der Waals surface area contributed by atoms with Crippen LogP contribution >= 0.6 is 12.2 Å². The van der Waals surface area contributed by atoms with Crippen LogP contribution in [0, 0.1) is 0 Å². The average molecular weight is 186 g/mol. The third-order valence-corrected chi connectivity index (χ3v) is 2.16. The molecule has 0 aromatic heterocycles. The van der Waals surface area contributed by atoms with Gasteiger partial charge in [-0.15, -0.1) is 0 Å². The molecule has 0 N–H and O–H groups in total. The Hall–Kier alpha value is -0.110. The van der Waals surface area contributed by atoms with Gasteiger partial charge in [0, 0.05) is 13.1 Å². The summed E-state index contributed by atoms with van der Waals surface area (Å²) in [6.07, 6.45) is 6.40. The van der Waals surface area contributed by atoms with Crippen molar-refractivity contribution in [2.75, 3.05) is 13.1 Å². The van der Waals surface area contributed by atoms with E-state index in [9.17, 15) is 0 Å². The molecule has 0 aliphatic rings. The Kier molecular flexibility index (Phi) is 8.90. The molecule has 1 radical (unpaired) electrons. The van der Waals surface area contributed by atoms with Gasteiger partial charge in [0.25, 0.3) is 0 Å². The molecule has 0 spiro atoms. The second-order valence-corrected chi connectivity index (χ2v) is 3.32. The number of nitrogens with zero attached hydrogens (tertiary/aromatic N) is 1. The summed E-state index contributed by atoms with van der Waals surface area (Å²) >= 11 is 4.79. The summed E-state index contributed by atoms with van der Waals surface area (Å²) < 4.78 is 0. The van der Waals surface area contributed by atoms with Gasteiger partial charge in [-0.05, 0) is 12.8 Å². The Morgan fingerprint density at radius 1 is 1.00 bits per heavy atom. The number of thiocarbonyl (C=S) groups is 1. The summed E-state index contributed by atoms with van der Waals surface area (Å²) in [6, 6.07) is 0.